The number of rotatable bonds is 3. The summed E-state index contributed by atoms with van der Waals surface area (Å²) >= 11 is 0. The van der Waals surface area contributed by atoms with Crippen molar-refractivity contribution in [1.82, 2.24) is 0 Å². The highest BCUT2D eigenvalue weighted by molar-refractivity contribution is 5.15. The Labute approximate surface area is 90.9 Å². The Kier molecular flexibility index (Phi) is 3.75. The Balaban J connectivity index is 1.88. The number of aliphatic hydroxyl groups excluding tert-OH is 1. The Morgan fingerprint density at radius 1 is 1.20 bits per heavy atom. The minimum absolute atomic E-state index is 0.212. The molecule has 15 heavy (non-hydrogen) atoms. The van der Waals surface area contributed by atoms with Crippen molar-refractivity contribution >= 4 is 0 Å². The highest BCUT2D eigenvalue weighted by atomic mass is 16.5. The van der Waals surface area contributed by atoms with Gasteiger partial charge in [-0.05, 0) is 30.7 Å². The quantitative estimate of drug-likeness (QED) is 0.819. The lowest BCUT2D eigenvalue weighted by Gasteiger charge is -2.26. The van der Waals surface area contributed by atoms with Gasteiger partial charge < -0.3 is 9.84 Å². The fourth-order valence-corrected chi connectivity index (χ4v) is 2.12. The molecule has 1 fully saturated rings. The van der Waals surface area contributed by atoms with E-state index in [2.05, 4.69) is 12.1 Å². The van der Waals surface area contributed by atoms with Gasteiger partial charge in [0.15, 0.2) is 0 Å². The molecule has 1 aromatic rings. The van der Waals surface area contributed by atoms with Crippen LogP contribution >= 0.6 is 0 Å². The first-order valence-corrected chi connectivity index (χ1v) is 5.66. The summed E-state index contributed by atoms with van der Waals surface area (Å²) in [7, 11) is 0. The average Bonchev–Trinajstić information content (AvgIpc) is 2.31. The third kappa shape index (κ3) is 3.05. The average molecular weight is 206 g/mol. The molecule has 0 aliphatic carbocycles. The van der Waals surface area contributed by atoms with Crippen molar-refractivity contribution in [2.24, 2.45) is 5.92 Å². The summed E-state index contributed by atoms with van der Waals surface area (Å²) in [5, 5.41) is 10.1. The minimum Gasteiger partial charge on any atom is -0.392 e. The van der Waals surface area contributed by atoms with Crippen LogP contribution in [0, 0.1) is 5.92 Å². The molecule has 1 aromatic carbocycles. The predicted octanol–water partition coefficient (Wildman–Crippen LogP) is 2.02. The minimum atomic E-state index is -0.212. The monoisotopic (exact) mass is 206 g/mol. The van der Waals surface area contributed by atoms with Crippen molar-refractivity contribution in [3.05, 3.63) is 35.9 Å². The Bertz CT molecular complexity index is 278. The molecule has 0 spiro atoms. The molecule has 82 valence electrons. The molecule has 2 nitrogen and oxygen atoms in total. The van der Waals surface area contributed by atoms with Crippen molar-refractivity contribution in [2.45, 2.75) is 25.4 Å². The van der Waals surface area contributed by atoms with Crippen molar-refractivity contribution in [2.75, 3.05) is 13.2 Å². The van der Waals surface area contributed by atoms with Gasteiger partial charge in [-0.25, -0.2) is 0 Å². The summed E-state index contributed by atoms with van der Waals surface area (Å²) in [5.41, 5.74) is 1.22. The van der Waals surface area contributed by atoms with Crippen LogP contribution in [0.3, 0.4) is 0 Å². The third-order valence-electron chi connectivity index (χ3n) is 3.10. The van der Waals surface area contributed by atoms with Crippen LogP contribution in [0.1, 0.15) is 18.4 Å². The van der Waals surface area contributed by atoms with E-state index in [0.717, 1.165) is 32.5 Å². The van der Waals surface area contributed by atoms with E-state index in [-0.39, 0.29) is 6.10 Å². The maximum atomic E-state index is 10.1. The molecule has 1 unspecified atom stereocenters. The van der Waals surface area contributed by atoms with Crippen molar-refractivity contribution in [1.29, 1.82) is 0 Å². The van der Waals surface area contributed by atoms with Crippen molar-refractivity contribution in [3.8, 4) is 0 Å². The lowest BCUT2D eigenvalue weighted by Crippen LogP contribution is -2.28. The van der Waals surface area contributed by atoms with Gasteiger partial charge in [0.05, 0.1) is 6.10 Å². The molecular formula is C13H18O2. The summed E-state index contributed by atoms with van der Waals surface area (Å²) in [6.45, 7) is 1.60. The van der Waals surface area contributed by atoms with Crippen LogP contribution in [0.2, 0.25) is 0 Å². The Morgan fingerprint density at radius 2 is 1.87 bits per heavy atom. The molecule has 1 N–H and O–H groups in total. The lowest BCUT2D eigenvalue weighted by molar-refractivity contribution is 0.00840. The van der Waals surface area contributed by atoms with E-state index in [1.165, 1.54) is 5.56 Å². The molecule has 0 bridgehead atoms. The highest BCUT2D eigenvalue weighted by Crippen LogP contribution is 2.21. The van der Waals surface area contributed by atoms with E-state index in [1.54, 1.807) is 0 Å². The molecule has 1 saturated heterocycles. The van der Waals surface area contributed by atoms with E-state index in [4.69, 9.17) is 4.74 Å². The second-order valence-electron chi connectivity index (χ2n) is 4.21. The zero-order chi connectivity index (χ0) is 10.5. The largest absolute Gasteiger partial charge is 0.392 e. The summed E-state index contributed by atoms with van der Waals surface area (Å²) in [4.78, 5) is 0. The molecule has 0 amide bonds. The highest BCUT2D eigenvalue weighted by Gasteiger charge is 2.21. The van der Waals surface area contributed by atoms with E-state index >= 15 is 0 Å². The number of benzene rings is 1. The van der Waals surface area contributed by atoms with Crippen LogP contribution < -0.4 is 0 Å². The molecule has 1 atom stereocenters. The van der Waals surface area contributed by atoms with Crippen LogP contribution in [0.4, 0.5) is 0 Å². The smallest absolute Gasteiger partial charge is 0.0610 e. The summed E-state index contributed by atoms with van der Waals surface area (Å²) < 4.78 is 5.29. The molecule has 1 aliphatic rings. The second-order valence-corrected chi connectivity index (χ2v) is 4.21. The fraction of sp³-hybridized carbons (Fsp3) is 0.538. The molecule has 2 heteroatoms. The van der Waals surface area contributed by atoms with Crippen molar-refractivity contribution in [3.63, 3.8) is 0 Å². The topological polar surface area (TPSA) is 29.5 Å². The van der Waals surface area contributed by atoms with Crippen LogP contribution in [0.25, 0.3) is 0 Å². The molecule has 0 radical (unpaired) electrons. The summed E-state index contributed by atoms with van der Waals surface area (Å²) in [5.74, 6) is 0.416. The van der Waals surface area contributed by atoms with Gasteiger partial charge >= 0.3 is 0 Å². The molecule has 2 rings (SSSR count). The Hall–Kier alpha value is -0.860. The van der Waals surface area contributed by atoms with Gasteiger partial charge in [0, 0.05) is 13.2 Å². The van der Waals surface area contributed by atoms with Crippen LogP contribution in [-0.4, -0.2) is 24.4 Å². The SMILES string of the molecule is OC(Cc1ccccc1)C1CCOCC1. The summed E-state index contributed by atoms with van der Waals surface area (Å²) in [6.07, 6.45) is 2.55. The Morgan fingerprint density at radius 3 is 2.53 bits per heavy atom. The van der Waals surface area contributed by atoms with Gasteiger partial charge in [-0.15, -0.1) is 0 Å². The predicted molar refractivity (Wildman–Crippen MR) is 59.7 cm³/mol. The maximum Gasteiger partial charge on any atom is 0.0610 e. The molecule has 0 saturated carbocycles. The van der Waals surface area contributed by atoms with Gasteiger partial charge in [0.25, 0.3) is 0 Å². The normalized spacial score (nSPS) is 20.1. The number of hydrogen-bond donors (Lipinski definition) is 1. The molecular weight excluding hydrogens is 188 g/mol. The number of ether oxygens (including phenoxy) is 1. The van der Waals surface area contributed by atoms with E-state index in [1.807, 2.05) is 18.2 Å². The van der Waals surface area contributed by atoms with E-state index < -0.39 is 0 Å². The van der Waals surface area contributed by atoms with Crippen molar-refractivity contribution < 1.29 is 9.84 Å². The van der Waals surface area contributed by atoms with Gasteiger partial charge in [0.2, 0.25) is 0 Å². The van der Waals surface area contributed by atoms with Gasteiger partial charge in [-0.2, -0.15) is 0 Å². The first-order valence-electron chi connectivity index (χ1n) is 5.66. The van der Waals surface area contributed by atoms with E-state index in [9.17, 15) is 5.11 Å². The zero-order valence-electron chi connectivity index (χ0n) is 8.93. The number of aliphatic hydroxyl groups is 1. The van der Waals surface area contributed by atoms with E-state index in [0.29, 0.717) is 5.92 Å². The fourth-order valence-electron chi connectivity index (χ4n) is 2.12. The standard InChI is InChI=1S/C13H18O2/c14-13(12-6-8-15-9-7-12)10-11-4-2-1-3-5-11/h1-5,12-14H,6-10H2. The number of hydrogen-bond acceptors (Lipinski definition) is 2. The van der Waals surface area contributed by atoms with Crippen LogP contribution in [0.15, 0.2) is 30.3 Å². The first-order chi connectivity index (χ1) is 7.36. The maximum absolute atomic E-state index is 10.1. The first kappa shape index (κ1) is 10.7. The lowest BCUT2D eigenvalue weighted by atomic mass is 9.90. The molecule has 0 aromatic heterocycles. The van der Waals surface area contributed by atoms with Crippen LogP contribution in [-0.2, 0) is 11.2 Å². The van der Waals surface area contributed by atoms with Gasteiger partial charge in [-0.1, -0.05) is 30.3 Å². The summed E-state index contributed by atoms with van der Waals surface area (Å²) in [6, 6.07) is 10.2. The molecule has 1 heterocycles. The second kappa shape index (κ2) is 5.29. The van der Waals surface area contributed by atoms with Gasteiger partial charge in [0.1, 0.15) is 0 Å². The third-order valence-corrected chi connectivity index (χ3v) is 3.10. The van der Waals surface area contributed by atoms with Gasteiger partial charge in [-0.3, -0.25) is 0 Å². The van der Waals surface area contributed by atoms with Crippen LogP contribution in [0.5, 0.6) is 0 Å². The molecule has 1 aliphatic heterocycles. The zero-order valence-corrected chi connectivity index (χ0v) is 8.93.